The maximum absolute atomic E-state index is 11.6. The summed E-state index contributed by atoms with van der Waals surface area (Å²) in [6.45, 7) is 4.29. The Balaban J connectivity index is 1.87. The Kier molecular flexibility index (Phi) is 3.82. The number of hydrogen-bond acceptors (Lipinski definition) is 5. The predicted molar refractivity (Wildman–Crippen MR) is 93.5 cm³/mol. The number of hydrogen-bond donors (Lipinski definition) is 0. The summed E-state index contributed by atoms with van der Waals surface area (Å²) in [5.41, 5.74) is -0.277. The van der Waals surface area contributed by atoms with Crippen molar-refractivity contribution in [1.29, 1.82) is 0 Å². The van der Waals surface area contributed by atoms with Crippen LogP contribution in [0.2, 0.25) is 0 Å². The van der Waals surface area contributed by atoms with Gasteiger partial charge in [0.2, 0.25) is 0 Å². The topological polar surface area (TPSA) is 102 Å². The first-order valence-corrected chi connectivity index (χ1v) is 9.36. The van der Waals surface area contributed by atoms with Crippen LogP contribution in [0.25, 0.3) is 0 Å². The minimum atomic E-state index is -0.597. The molecule has 1 aromatic rings. The van der Waals surface area contributed by atoms with Crippen LogP contribution in [0.15, 0.2) is 23.3 Å². The minimum Gasteiger partial charge on any atom is -0.258 e. The van der Waals surface area contributed by atoms with Crippen molar-refractivity contribution < 1.29 is 14.5 Å². The van der Waals surface area contributed by atoms with E-state index in [1.807, 2.05) is 4.70 Å². The van der Waals surface area contributed by atoms with Gasteiger partial charge in [-0.15, -0.1) is 0 Å². The van der Waals surface area contributed by atoms with Crippen molar-refractivity contribution >= 4 is 17.1 Å². The number of benzene rings is 1. The first-order valence-electron chi connectivity index (χ1n) is 9.36. The van der Waals surface area contributed by atoms with Crippen LogP contribution in [-0.2, 0) is 0 Å². The molecule has 0 aromatic heterocycles. The molecule has 1 aliphatic heterocycles. The van der Waals surface area contributed by atoms with E-state index >= 15 is 0 Å². The zero-order chi connectivity index (χ0) is 18.6. The fourth-order valence-electron chi connectivity index (χ4n) is 5.76. The van der Waals surface area contributed by atoms with Gasteiger partial charge in [-0.2, -0.15) is 0 Å². The van der Waals surface area contributed by atoms with Gasteiger partial charge < -0.3 is 0 Å². The normalized spacial score (nSPS) is 30.9. The first-order chi connectivity index (χ1) is 12.4. The van der Waals surface area contributed by atoms with Crippen molar-refractivity contribution in [2.24, 2.45) is 22.9 Å². The van der Waals surface area contributed by atoms with Crippen LogP contribution in [0.1, 0.15) is 46.0 Å². The van der Waals surface area contributed by atoms with Crippen LogP contribution in [0.5, 0.6) is 0 Å². The molecule has 3 aliphatic rings. The molecule has 0 unspecified atom stereocenters. The van der Waals surface area contributed by atoms with E-state index in [9.17, 15) is 20.2 Å². The van der Waals surface area contributed by atoms with Gasteiger partial charge in [0.05, 0.1) is 15.8 Å². The van der Waals surface area contributed by atoms with Crippen molar-refractivity contribution in [3.05, 3.63) is 38.4 Å². The second-order valence-corrected chi connectivity index (χ2v) is 7.79. The summed E-state index contributed by atoms with van der Waals surface area (Å²) in [5, 5.41) is 27.7. The molecule has 8 nitrogen and oxygen atoms in total. The highest BCUT2D eigenvalue weighted by Gasteiger charge is 2.67. The molecule has 0 spiro atoms. The van der Waals surface area contributed by atoms with Crippen LogP contribution in [0.4, 0.5) is 17.1 Å². The molecule has 2 aliphatic carbocycles. The van der Waals surface area contributed by atoms with E-state index in [4.69, 9.17) is 5.11 Å². The second-order valence-electron chi connectivity index (χ2n) is 7.79. The van der Waals surface area contributed by atoms with Gasteiger partial charge in [-0.3, -0.25) is 20.2 Å². The Labute approximate surface area is 151 Å². The van der Waals surface area contributed by atoms with E-state index in [1.165, 1.54) is 25.0 Å². The molecular formula is C18H23N4O4+. The Hall–Kier alpha value is -2.38. The van der Waals surface area contributed by atoms with Gasteiger partial charge in [0, 0.05) is 18.1 Å². The number of non-ortho nitro benzene ring substituents is 1. The average Bonchev–Trinajstić information content (AvgIpc) is 3.32. The van der Waals surface area contributed by atoms with Crippen molar-refractivity contribution in [2.75, 3.05) is 0 Å². The highest BCUT2D eigenvalue weighted by atomic mass is 16.6. The number of azo groups is 2. The van der Waals surface area contributed by atoms with Gasteiger partial charge in [-0.05, 0) is 43.1 Å². The molecule has 138 valence electrons. The average molecular weight is 359 g/mol. The van der Waals surface area contributed by atoms with E-state index in [0.717, 1.165) is 25.3 Å². The van der Waals surface area contributed by atoms with E-state index < -0.39 is 9.85 Å². The van der Waals surface area contributed by atoms with Gasteiger partial charge in [-0.25, -0.2) is 0 Å². The minimum absolute atomic E-state index is 0.175. The standard InChI is InChI=1S/C18H23N4O4/c1-3-18(4-2)16-11-5-6-12(9-11)17(16)20(19-18)14-8-7-13(21(23)24)10-15(14)22(25)26/h7-8,10-12,16-17H,3-6,9H2,1-2H3/q+1/t11-,12+,16+,17-/m1/s1. The molecular weight excluding hydrogens is 336 g/mol. The zero-order valence-electron chi connectivity index (χ0n) is 15.0. The molecule has 8 heteroatoms. The van der Waals surface area contributed by atoms with Gasteiger partial charge in [0.25, 0.3) is 5.69 Å². The number of nitro groups is 2. The third kappa shape index (κ3) is 2.20. The molecule has 1 heterocycles. The molecule has 1 aromatic carbocycles. The molecule has 0 radical (unpaired) electrons. The quantitative estimate of drug-likeness (QED) is 0.436. The Morgan fingerprint density at radius 3 is 2.46 bits per heavy atom. The third-order valence-corrected chi connectivity index (χ3v) is 6.92. The number of nitrogens with zero attached hydrogens (tertiary/aromatic N) is 4. The molecule has 2 bridgehead atoms. The smallest absolute Gasteiger partial charge is 0.258 e. The fraction of sp³-hybridized carbons (Fsp3) is 0.667. The van der Waals surface area contributed by atoms with Crippen LogP contribution < -0.4 is 0 Å². The largest absolute Gasteiger partial charge is 0.349 e. The van der Waals surface area contributed by atoms with Gasteiger partial charge >= 0.3 is 11.4 Å². The summed E-state index contributed by atoms with van der Waals surface area (Å²) in [5.74, 6) is 1.56. The fourth-order valence-corrected chi connectivity index (χ4v) is 5.76. The lowest BCUT2D eigenvalue weighted by Gasteiger charge is -2.31. The summed E-state index contributed by atoms with van der Waals surface area (Å²) in [4.78, 5) is 21.5. The molecule has 4 atom stereocenters. The Bertz CT molecular complexity index is 817. The van der Waals surface area contributed by atoms with Crippen molar-refractivity contribution in [3.63, 3.8) is 0 Å². The van der Waals surface area contributed by atoms with E-state index in [-0.39, 0.29) is 23.0 Å². The molecule has 0 amide bonds. The van der Waals surface area contributed by atoms with Gasteiger partial charge in [0.15, 0.2) is 6.04 Å². The number of rotatable bonds is 5. The Morgan fingerprint density at radius 1 is 1.15 bits per heavy atom. The third-order valence-electron chi connectivity index (χ3n) is 6.92. The summed E-state index contributed by atoms with van der Waals surface area (Å²) in [6, 6.07) is 4.08. The number of nitro benzene ring substituents is 2. The van der Waals surface area contributed by atoms with Crippen molar-refractivity contribution in [1.82, 2.24) is 0 Å². The lowest BCUT2D eigenvalue weighted by Crippen LogP contribution is -2.41. The van der Waals surface area contributed by atoms with Crippen LogP contribution in [0, 0.1) is 38.0 Å². The van der Waals surface area contributed by atoms with Crippen LogP contribution >= 0.6 is 0 Å². The van der Waals surface area contributed by atoms with Gasteiger partial charge in [-0.1, -0.05) is 18.5 Å². The van der Waals surface area contributed by atoms with Crippen LogP contribution in [-0.4, -0.2) is 26.1 Å². The van der Waals surface area contributed by atoms with E-state index in [2.05, 4.69) is 13.8 Å². The summed E-state index contributed by atoms with van der Waals surface area (Å²) >= 11 is 0. The highest BCUT2D eigenvalue weighted by molar-refractivity contribution is 5.58. The molecule has 26 heavy (non-hydrogen) atoms. The lowest BCUT2D eigenvalue weighted by atomic mass is 9.70. The second kappa shape index (κ2) is 5.82. The van der Waals surface area contributed by atoms with Crippen molar-refractivity contribution in [3.8, 4) is 0 Å². The van der Waals surface area contributed by atoms with E-state index in [1.54, 1.807) is 0 Å². The number of fused-ring (bicyclic) bond motifs is 5. The first kappa shape index (κ1) is 17.1. The Morgan fingerprint density at radius 2 is 1.85 bits per heavy atom. The molecule has 4 rings (SSSR count). The van der Waals surface area contributed by atoms with Crippen molar-refractivity contribution in [2.45, 2.75) is 57.5 Å². The monoisotopic (exact) mass is 359 g/mol. The summed E-state index contributed by atoms with van der Waals surface area (Å²) in [7, 11) is 0. The highest BCUT2D eigenvalue weighted by Crippen LogP contribution is 2.60. The molecule has 0 N–H and O–H groups in total. The zero-order valence-corrected chi connectivity index (χ0v) is 15.0. The molecule has 0 saturated heterocycles. The summed E-state index contributed by atoms with van der Waals surface area (Å²) in [6.07, 6.45) is 5.35. The van der Waals surface area contributed by atoms with Gasteiger partial charge in [0.1, 0.15) is 11.6 Å². The van der Waals surface area contributed by atoms with Crippen LogP contribution in [0.3, 0.4) is 0 Å². The SMILES string of the molecule is CCC1(CC)N=[N+](c2ccc([N+](=O)[O-])cc2[N+](=O)[O-])[C@@H]2[C@H]3CC[C@H](C3)[C@@H]21. The van der Waals surface area contributed by atoms with E-state index in [0.29, 0.717) is 23.4 Å². The summed E-state index contributed by atoms with van der Waals surface area (Å²) < 4.78 is 1.86. The maximum atomic E-state index is 11.6. The maximum Gasteiger partial charge on any atom is 0.349 e. The molecule has 2 saturated carbocycles. The lowest BCUT2D eigenvalue weighted by molar-refractivity contribution is -0.555. The predicted octanol–water partition coefficient (Wildman–Crippen LogP) is 4.59. The molecule has 2 fully saturated rings.